The van der Waals surface area contributed by atoms with E-state index >= 15 is 0 Å². The molecule has 28 heavy (non-hydrogen) atoms. The number of aromatic nitrogens is 1. The Hall–Kier alpha value is -2.60. The molecular formula is C22H29N3O3. The van der Waals surface area contributed by atoms with Crippen molar-refractivity contribution in [3.63, 3.8) is 0 Å². The zero-order valence-corrected chi connectivity index (χ0v) is 16.7. The molecular weight excluding hydrogens is 354 g/mol. The van der Waals surface area contributed by atoms with E-state index in [2.05, 4.69) is 29.0 Å². The summed E-state index contributed by atoms with van der Waals surface area (Å²) in [5, 5.41) is 2.99. The first kappa shape index (κ1) is 20.1. The molecule has 6 nitrogen and oxygen atoms in total. The third-order valence-electron chi connectivity index (χ3n) is 4.70. The maximum absolute atomic E-state index is 12.5. The first-order valence-electron chi connectivity index (χ1n) is 9.91. The van der Waals surface area contributed by atoms with Crippen molar-refractivity contribution in [2.45, 2.75) is 26.8 Å². The van der Waals surface area contributed by atoms with Crippen LogP contribution >= 0.6 is 0 Å². The van der Waals surface area contributed by atoms with Gasteiger partial charge in [0.2, 0.25) is 0 Å². The van der Waals surface area contributed by atoms with Crippen LogP contribution in [0.2, 0.25) is 0 Å². The van der Waals surface area contributed by atoms with Gasteiger partial charge in [-0.25, -0.2) is 4.98 Å². The van der Waals surface area contributed by atoms with Crippen molar-refractivity contribution >= 4 is 11.7 Å². The number of ether oxygens (including phenoxy) is 2. The highest BCUT2D eigenvalue weighted by molar-refractivity contribution is 5.94. The van der Waals surface area contributed by atoms with Gasteiger partial charge in [0, 0.05) is 37.0 Å². The fourth-order valence-electron chi connectivity index (χ4n) is 3.02. The molecule has 1 N–H and O–H groups in total. The number of carbonyl (C=O) groups is 1. The minimum atomic E-state index is -0.106. The molecule has 0 saturated carbocycles. The van der Waals surface area contributed by atoms with Crippen molar-refractivity contribution < 1.29 is 14.3 Å². The Morgan fingerprint density at radius 2 is 1.96 bits per heavy atom. The van der Waals surface area contributed by atoms with Gasteiger partial charge in [-0.1, -0.05) is 19.9 Å². The molecule has 6 heteroatoms. The van der Waals surface area contributed by atoms with Crippen LogP contribution in [-0.4, -0.2) is 43.8 Å². The van der Waals surface area contributed by atoms with E-state index < -0.39 is 0 Å². The Balaban J connectivity index is 1.55. The number of nitrogens with one attached hydrogen (secondary N) is 1. The van der Waals surface area contributed by atoms with Crippen LogP contribution in [0.4, 0.5) is 5.82 Å². The van der Waals surface area contributed by atoms with Gasteiger partial charge < -0.3 is 19.7 Å². The topological polar surface area (TPSA) is 63.7 Å². The van der Waals surface area contributed by atoms with E-state index in [1.54, 1.807) is 18.3 Å². The number of benzene rings is 1. The summed E-state index contributed by atoms with van der Waals surface area (Å²) in [5.74, 6) is 2.21. The molecule has 2 heterocycles. The van der Waals surface area contributed by atoms with Gasteiger partial charge in [0.25, 0.3) is 5.91 Å². The summed E-state index contributed by atoms with van der Waals surface area (Å²) in [7, 11) is 0. The Morgan fingerprint density at radius 1 is 1.21 bits per heavy atom. The standard InChI is InChI=1S/C22H29N3O3/c1-17(2)9-13-28-20-7-5-18(6-8-20)22(26)24-16-19-4-3-10-23-21(19)25-11-14-27-15-12-25/h3-8,10,17H,9,11-16H2,1-2H3,(H,24,26). The van der Waals surface area contributed by atoms with Crippen molar-refractivity contribution in [2.75, 3.05) is 37.8 Å². The molecule has 0 spiro atoms. The van der Waals surface area contributed by atoms with Gasteiger partial charge in [0.15, 0.2) is 0 Å². The molecule has 1 aliphatic heterocycles. The number of pyridine rings is 1. The van der Waals surface area contributed by atoms with E-state index in [0.29, 0.717) is 37.8 Å². The molecule has 1 saturated heterocycles. The quantitative estimate of drug-likeness (QED) is 0.758. The van der Waals surface area contributed by atoms with Gasteiger partial charge in [-0.3, -0.25) is 4.79 Å². The molecule has 0 radical (unpaired) electrons. The predicted molar refractivity (Wildman–Crippen MR) is 110 cm³/mol. The van der Waals surface area contributed by atoms with Crippen LogP contribution in [0.1, 0.15) is 36.2 Å². The number of amides is 1. The maximum Gasteiger partial charge on any atom is 0.251 e. The number of rotatable bonds is 8. The summed E-state index contributed by atoms with van der Waals surface area (Å²) >= 11 is 0. The zero-order chi connectivity index (χ0) is 19.8. The van der Waals surface area contributed by atoms with Gasteiger partial charge in [0.1, 0.15) is 11.6 Å². The van der Waals surface area contributed by atoms with Gasteiger partial charge in [-0.05, 0) is 42.7 Å². The maximum atomic E-state index is 12.5. The summed E-state index contributed by atoms with van der Waals surface area (Å²) in [6, 6.07) is 11.2. The molecule has 0 bridgehead atoms. The average molecular weight is 383 g/mol. The van der Waals surface area contributed by atoms with Crippen LogP contribution in [0, 0.1) is 5.92 Å². The normalized spacial score (nSPS) is 14.2. The van der Waals surface area contributed by atoms with E-state index in [4.69, 9.17) is 9.47 Å². The molecule has 0 unspecified atom stereocenters. The van der Waals surface area contributed by atoms with Crippen LogP contribution < -0.4 is 15.0 Å². The first-order chi connectivity index (χ1) is 13.6. The number of anilines is 1. The van der Waals surface area contributed by atoms with Crippen molar-refractivity contribution in [1.29, 1.82) is 0 Å². The lowest BCUT2D eigenvalue weighted by atomic mass is 10.1. The first-order valence-corrected chi connectivity index (χ1v) is 9.91. The molecule has 0 aliphatic carbocycles. The van der Waals surface area contributed by atoms with Crippen LogP contribution in [-0.2, 0) is 11.3 Å². The highest BCUT2D eigenvalue weighted by atomic mass is 16.5. The second-order valence-corrected chi connectivity index (χ2v) is 7.32. The number of nitrogens with zero attached hydrogens (tertiary/aromatic N) is 2. The van der Waals surface area contributed by atoms with Crippen molar-refractivity contribution in [3.8, 4) is 5.75 Å². The second-order valence-electron chi connectivity index (χ2n) is 7.32. The molecule has 1 aromatic heterocycles. The fraction of sp³-hybridized carbons (Fsp3) is 0.455. The van der Waals surface area contributed by atoms with Crippen LogP contribution in [0.3, 0.4) is 0 Å². The van der Waals surface area contributed by atoms with Crippen LogP contribution in [0.25, 0.3) is 0 Å². The number of hydrogen-bond acceptors (Lipinski definition) is 5. The Labute approximate surface area is 166 Å². The SMILES string of the molecule is CC(C)CCOc1ccc(C(=O)NCc2cccnc2N2CCOCC2)cc1. The molecule has 1 aromatic carbocycles. The minimum absolute atomic E-state index is 0.106. The molecule has 1 aliphatic rings. The molecule has 150 valence electrons. The molecule has 0 atom stereocenters. The fourth-order valence-corrected chi connectivity index (χ4v) is 3.02. The van der Waals surface area contributed by atoms with Crippen LogP contribution in [0.5, 0.6) is 5.75 Å². The lowest BCUT2D eigenvalue weighted by Gasteiger charge is -2.29. The third kappa shape index (κ3) is 5.70. The lowest BCUT2D eigenvalue weighted by Crippen LogP contribution is -2.37. The number of carbonyl (C=O) groups excluding carboxylic acids is 1. The molecule has 2 aromatic rings. The Morgan fingerprint density at radius 3 is 2.68 bits per heavy atom. The minimum Gasteiger partial charge on any atom is -0.494 e. The van der Waals surface area contributed by atoms with E-state index in [0.717, 1.165) is 36.6 Å². The summed E-state index contributed by atoms with van der Waals surface area (Å²) in [6.45, 7) is 8.50. The zero-order valence-electron chi connectivity index (χ0n) is 16.7. The van der Waals surface area contributed by atoms with Gasteiger partial charge >= 0.3 is 0 Å². The van der Waals surface area contributed by atoms with Gasteiger partial charge in [0.05, 0.1) is 19.8 Å². The van der Waals surface area contributed by atoms with E-state index in [9.17, 15) is 4.79 Å². The van der Waals surface area contributed by atoms with E-state index in [-0.39, 0.29) is 5.91 Å². The van der Waals surface area contributed by atoms with E-state index in [1.165, 1.54) is 0 Å². The van der Waals surface area contributed by atoms with Gasteiger partial charge in [-0.2, -0.15) is 0 Å². The van der Waals surface area contributed by atoms with E-state index in [1.807, 2.05) is 24.3 Å². The Kier molecular flexibility index (Phi) is 7.25. The second kappa shape index (κ2) is 10.1. The van der Waals surface area contributed by atoms with Crippen molar-refractivity contribution in [3.05, 3.63) is 53.7 Å². The summed E-state index contributed by atoms with van der Waals surface area (Å²) in [6.07, 6.45) is 2.80. The average Bonchev–Trinajstić information content (AvgIpc) is 2.73. The summed E-state index contributed by atoms with van der Waals surface area (Å²) in [5.41, 5.74) is 1.62. The monoisotopic (exact) mass is 383 g/mol. The number of hydrogen-bond donors (Lipinski definition) is 1. The molecule has 1 fully saturated rings. The van der Waals surface area contributed by atoms with Gasteiger partial charge in [-0.15, -0.1) is 0 Å². The lowest BCUT2D eigenvalue weighted by molar-refractivity contribution is 0.0950. The van der Waals surface area contributed by atoms with Crippen molar-refractivity contribution in [2.24, 2.45) is 5.92 Å². The van der Waals surface area contributed by atoms with Crippen LogP contribution in [0.15, 0.2) is 42.6 Å². The highest BCUT2D eigenvalue weighted by Crippen LogP contribution is 2.19. The smallest absolute Gasteiger partial charge is 0.251 e. The largest absolute Gasteiger partial charge is 0.494 e. The summed E-state index contributed by atoms with van der Waals surface area (Å²) < 4.78 is 11.1. The molecule has 1 amide bonds. The highest BCUT2D eigenvalue weighted by Gasteiger charge is 2.16. The number of morpholine rings is 1. The Bertz CT molecular complexity index is 756. The van der Waals surface area contributed by atoms with Crippen molar-refractivity contribution in [1.82, 2.24) is 10.3 Å². The predicted octanol–water partition coefficient (Wildman–Crippen LogP) is 3.27. The summed E-state index contributed by atoms with van der Waals surface area (Å²) in [4.78, 5) is 19.2. The molecule has 3 rings (SSSR count). The third-order valence-corrected chi connectivity index (χ3v) is 4.70.